The van der Waals surface area contributed by atoms with Gasteiger partial charge in [0, 0.05) is 11.1 Å². The van der Waals surface area contributed by atoms with Gasteiger partial charge in [-0.25, -0.2) is 0 Å². The maximum Gasteiger partial charge on any atom is 0.258 e. The molecule has 0 saturated heterocycles. The lowest BCUT2D eigenvalue weighted by Gasteiger charge is -2.15. The predicted octanol–water partition coefficient (Wildman–Crippen LogP) is 2.91. The van der Waals surface area contributed by atoms with E-state index in [0.717, 1.165) is 22.3 Å². The Morgan fingerprint density at radius 1 is 0.879 bits per heavy atom. The van der Waals surface area contributed by atoms with Crippen molar-refractivity contribution in [1.29, 1.82) is 0 Å². The number of aromatic amines is 1. The summed E-state index contributed by atoms with van der Waals surface area (Å²) in [5.74, 6) is -0.734. The number of amides is 3. The van der Waals surface area contributed by atoms with Gasteiger partial charge in [-0.2, -0.15) is 5.21 Å². The quantitative estimate of drug-likeness (QED) is 0.411. The van der Waals surface area contributed by atoms with Crippen molar-refractivity contribution in [1.82, 2.24) is 31.3 Å². The van der Waals surface area contributed by atoms with Crippen LogP contribution in [0.4, 0.5) is 0 Å². The maximum absolute atomic E-state index is 12.7. The lowest BCUT2D eigenvalue weighted by Crippen LogP contribution is -2.26. The first-order chi connectivity index (χ1) is 16.0. The first kappa shape index (κ1) is 20.3. The molecule has 0 bridgehead atoms. The van der Waals surface area contributed by atoms with E-state index < -0.39 is 11.8 Å². The molecule has 0 saturated carbocycles. The van der Waals surface area contributed by atoms with Crippen LogP contribution in [0, 0.1) is 0 Å². The van der Waals surface area contributed by atoms with Crippen LogP contribution in [0.3, 0.4) is 0 Å². The van der Waals surface area contributed by atoms with Gasteiger partial charge < -0.3 is 5.32 Å². The van der Waals surface area contributed by atoms with Gasteiger partial charge >= 0.3 is 0 Å². The van der Waals surface area contributed by atoms with Crippen LogP contribution in [0.2, 0.25) is 0 Å². The van der Waals surface area contributed by atoms with E-state index in [4.69, 9.17) is 0 Å². The minimum atomic E-state index is -0.489. The number of hydrogen-bond donors (Lipinski definition) is 3. The highest BCUT2D eigenvalue weighted by molar-refractivity contribution is 6.22. The highest BCUT2D eigenvalue weighted by atomic mass is 16.2. The summed E-state index contributed by atoms with van der Waals surface area (Å²) in [7, 11) is 0. The van der Waals surface area contributed by atoms with Gasteiger partial charge in [0.05, 0.1) is 17.2 Å². The fourth-order valence-electron chi connectivity index (χ4n) is 3.76. The summed E-state index contributed by atoms with van der Waals surface area (Å²) in [6.07, 6.45) is 0. The fourth-order valence-corrected chi connectivity index (χ4v) is 3.76. The topological polar surface area (TPSA) is 130 Å². The third kappa shape index (κ3) is 3.87. The van der Waals surface area contributed by atoms with Crippen LogP contribution >= 0.6 is 0 Å². The molecule has 9 heteroatoms. The first-order valence-electron chi connectivity index (χ1n) is 10.2. The molecule has 2 heterocycles. The second-order valence-corrected chi connectivity index (χ2v) is 7.68. The monoisotopic (exact) mass is 438 g/mol. The van der Waals surface area contributed by atoms with Crippen molar-refractivity contribution >= 4 is 17.7 Å². The summed E-state index contributed by atoms with van der Waals surface area (Å²) in [5, 5.41) is 19.2. The molecule has 0 radical (unpaired) electrons. The second kappa shape index (κ2) is 8.12. The number of H-pyrrole nitrogens is 1. The summed E-state index contributed by atoms with van der Waals surface area (Å²) in [4.78, 5) is 36.2. The lowest BCUT2D eigenvalue weighted by atomic mass is 9.99. The van der Waals surface area contributed by atoms with Crippen LogP contribution < -0.4 is 10.6 Å². The number of tetrazole rings is 1. The number of nitrogens with one attached hydrogen (secondary N) is 3. The van der Waals surface area contributed by atoms with Crippen molar-refractivity contribution in [2.24, 2.45) is 0 Å². The van der Waals surface area contributed by atoms with Gasteiger partial charge in [-0.1, -0.05) is 42.5 Å². The Hall–Kier alpha value is -4.66. The molecule has 1 aliphatic rings. The number of carbonyl (C=O) groups excluding carboxylic acids is 3. The largest absolute Gasteiger partial charge is 0.346 e. The van der Waals surface area contributed by atoms with Gasteiger partial charge in [-0.15, -0.1) is 10.2 Å². The minimum absolute atomic E-state index is 0.215. The predicted molar refractivity (Wildman–Crippen MR) is 119 cm³/mol. The van der Waals surface area contributed by atoms with E-state index in [9.17, 15) is 14.4 Å². The van der Waals surface area contributed by atoms with Crippen molar-refractivity contribution in [3.63, 3.8) is 0 Å². The molecule has 1 atom stereocenters. The summed E-state index contributed by atoms with van der Waals surface area (Å²) >= 11 is 0. The van der Waals surface area contributed by atoms with Gasteiger partial charge in [-0.05, 0) is 53.1 Å². The van der Waals surface area contributed by atoms with E-state index in [-0.39, 0.29) is 23.1 Å². The zero-order valence-electron chi connectivity index (χ0n) is 17.5. The van der Waals surface area contributed by atoms with E-state index in [1.165, 1.54) is 12.1 Å². The maximum atomic E-state index is 12.7. The van der Waals surface area contributed by atoms with Crippen LogP contribution in [0.1, 0.15) is 49.6 Å². The highest BCUT2D eigenvalue weighted by Crippen LogP contribution is 2.26. The second-order valence-electron chi connectivity index (χ2n) is 7.68. The van der Waals surface area contributed by atoms with E-state index >= 15 is 0 Å². The molecule has 1 aliphatic heterocycles. The third-order valence-corrected chi connectivity index (χ3v) is 5.56. The first-order valence-corrected chi connectivity index (χ1v) is 10.2. The number of rotatable bonds is 5. The standard InChI is InChI=1S/C24H18N6O3/c1-13(25-22(31)18-9-10-19-20(12-18)24(33)26-23(19)32)14-5-7-15(8-6-14)16-3-2-4-17(11-16)21-27-29-30-28-21/h2-13H,1H3,(H,25,31)(H,26,32,33)(H,27,28,29,30). The van der Waals surface area contributed by atoms with Crippen LogP contribution in [0.15, 0.2) is 66.7 Å². The van der Waals surface area contributed by atoms with Crippen LogP contribution in [0.25, 0.3) is 22.5 Å². The van der Waals surface area contributed by atoms with E-state index in [1.54, 1.807) is 6.07 Å². The van der Waals surface area contributed by atoms with Gasteiger partial charge in [0.2, 0.25) is 5.82 Å². The molecule has 162 valence electrons. The van der Waals surface area contributed by atoms with Crippen molar-refractivity contribution < 1.29 is 14.4 Å². The van der Waals surface area contributed by atoms with E-state index in [2.05, 4.69) is 31.3 Å². The average Bonchev–Trinajstić information content (AvgIpc) is 3.47. The Bertz CT molecular complexity index is 1380. The number of benzene rings is 3. The lowest BCUT2D eigenvalue weighted by molar-refractivity contribution is 0.0878. The molecule has 5 rings (SSSR count). The summed E-state index contributed by atoms with van der Waals surface area (Å²) in [5.41, 5.74) is 4.62. The Labute approximate surface area is 188 Å². The molecule has 3 aromatic carbocycles. The number of aromatic nitrogens is 4. The van der Waals surface area contributed by atoms with Crippen LogP contribution in [0.5, 0.6) is 0 Å². The minimum Gasteiger partial charge on any atom is -0.346 e. The van der Waals surface area contributed by atoms with E-state index in [1.807, 2.05) is 55.5 Å². The normalized spacial score (nSPS) is 13.4. The Morgan fingerprint density at radius 3 is 2.39 bits per heavy atom. The molecular formula is C24H18N6O3. The number of fused-ring (bicyclic) bond motifs is 1. The number of imide groups is 1. The van der Waals surface area contributed by atoms with Crippen LogP contribution in [-0.4, -0.2) is 38.3 Å². The molecule has 0 spiro atoms. The summed E-state index contributed by atoms with van der Waals surface area (Å²) in [6, 6.07) is 19.9. The van der Waals surface area contributed by atoms with Crippen molar-refractivity contribution in [2.45, 2.75) is 13.0 Å². The van der Waals surface area contributed by atoms with Crippen LogP contribution in [-0.2, 0) is 0 Å². The number of hydrogen-bond acceptors (Lipinski definition) is 6. The Kier molecular flexibility index (Phi) is 4.98. The molecule has 0 aliphatic carbocycles. The molecule has 3 amide bonds. The summed E-state index contributed by atoms with van der Waals surface area (Å²) in [6.45, 7) is 1.88. The SMILES string of the molecule is CC(NC(=O)c1ccc2c(c1)C(=O)NC2=O)c1ccc(-c2cccc(-c3nn[nH]n3)c2)cc1. The van der Waals surface area contributed by atoms with Crippen molar-refractivity contribution in [2.75, 3.05) is 0 Å². The molecule has 9 nitrogen and oxygen atoms in total. The zero-order chi connectivity index (χ0) is 22.9. The average molecular weight is 438 g/mol. The fraction of sp³-hybridized carbons (Fsp3) is 0.0833. The summed E-state index contributed by atoms with van der Waals surface area (Å²) < 4.78 is 0. The molecule has 4 aromatic rings. The van der Waals surface area contributed by atoms with E-state index in [0.29, 0.717) is 11.4 Å². The Balaban J connectivity index is 1.30. The highest BCUT2D eigenvalue weighted by Gasteiger charge is 2.27. The van der Waals surface area contributed by atoms with Crippen molar-refractivity contribution in [3.8, 4) is 22.5 Å². The van der Waals surface area contributed by atoms with Gasteiger partial charge in [0.25, 0.3) is 17.7 Å². The Morgan fingerprint density at radius 2 is 1.64 bits per heavy atom. The third-order valence-electron chi connectivity index (χ3n) is 5.56. The van der Waals surface area contributed by atoms with Gasteiger partial charge in [0.1, 0.15) is 0 Å². The number of nitrogens with zero attached hydrogens (tertiary/aromatic N) is 3. The van der Waals surface area contributed by atoms with Crippen molar-refractivity contribution in [3.05, 3.63) is 89.0 Å². The molecule has 0 fully saturated rings. The molecule has 33 heavy (non-hydrogen) atoms. The molecular weight excluding hydrogens is 420 g/mol. The number of carbonyl (C=O) groups is 3. The zero-order valence-corrected chi connectivity index (χ0v) is 17.5. The molecule has 3 N–H and O–H groups in total. The molecule has 1 aromatic heterocycles. The van der Waals surface area contributed by atoms with Gasteiger partial charge in [0.15, 0.2) is 0 Å². The van der Waals surface area contributed by atoms with Gasteiger partial charge in [-0.3, -0.25) is 19.7 Å². The molecule has 1 unspecified atom stereocenters. The smallest absolute Gasteiger partial charge is 0.258 e.